The van der Waals surface area contributed by atoms with Crippen LogP contribution in [0.15, 0.2) is 51.5 Å². The third-order valence-corrected chi connectivity index (χ3v) is 3.14. The zero-order valence-corrected chi connectivity index (χ0v) is 11.9. The third kappa shape index (κ3) is 2.71. The molecular formula is C16H14N2O4. The van der Waals surface area contributed by atoms with Crippen LogP contribution in [0.25, 0.3) is 11.7 Å². The summed E-state index contributed by atoms with van der Waals surface area (Å²) in [5.74, 6) is 1.44. The lowest BCUT2D eigenvalue weighted by Crippen LogP contribution is -2.13. The molecule has 2 aromatic heterocycles. The molecule has 0 fully saturated rings. The van der Waals surface area contributed by atoms with Crippen molar-refractivity contribution in [2.75, 3.05) is 0 Å². The SMILES string of the molecule is Cc1oc(-c2ccco2)nc1COc1ccccc1C(N)=O. The maximum Gasteiger partial charge on any atom is 0.263 e. The molecule has 0 aliphatic rings. The molecular weight excluding hydrogens is 284 g/mol. The number of rotatable bonds is 5. The van der Waals surface area contributed by atoms with Crippen molar-refractivity contribution in [3.63, 3.8) is 0 Å². The fourth-order valence-corrected chi connectivity index (χ4v) is 2.01. The molecule has 0 radical (unpaired) electrons. The van der Waals surface area contributed by atoms with Crippen molar-refractivity contribution in [3.8, 4) is 17.4 Å². The van der Waals surface area contributed by atoms with Crippen molar-refractivity contribution in [2.24, 2.45) is 5.73 Å². The van der Waals surface area contributed by atoms with E-state index in [1.807, 2.05) is 0 Å². The molecule has 22 heavy (non-hydrogen) atoms. The number of benzene rings is 1. The van der Waals surface area contributed by atoms with Gasteiger partial charge in [0.15, 0.2) is 5.76 Å². The highest BCUT2D eigenvalue weighted by Gasteiger charge is 2.15. The van der Waals surface area contributed by atoms with Gasteiger partial charge in [-0.15, -0.1) is 0 Å². The summed E-state index contributed by atoms with van der Waals surface area (Å²) in [6.07, 6.45) is 1.55. The van der Waals surface area contributed by atoms with Crippen LogP contribution in [0.2, 0.25) is 0 Å². The first-order valence-corrected chi connectivity index (χ1v) is 6.67. The highest BCUT2D eigenvalue weighted by atomic mass is 16.5. The Kier molecular flexibility index (Phi) is 3.65. The van der Waals surface area contributed by atoms with Crippen LogP contribution in [0.3, 0.4) is 0 Å². The monoisotopic (exact) mass is 298 g/mol. The van der Waals surface area contributed by atoms with Gasteiger partial charge in [-0.2, -0.15) is 0 Å². The minimum absolute atomic E-state index is 0.167. The summed E-state index contributed by atoms with van der Waals surface area (Å²) in [5, 5.41) is 0. The Morgan fingerprint density at radius 2 is 2.09 bits per heavy atom. The number of nitrogens with two attached hydrogens (primary N) is 1. The number of amides is 1. The van der Waals surface area contributed by atoms with Crippen LogP contribution < -0.4 is 10.5 Å². The van der Waals surface area contributed by atoms with E-state index in [0.717, 1.165) is 0 Å². The first-order chi connectivity index (χ1) is 10.6. The molecule has 0 saturated carbocycles. The number of primary amides is 1. The van der Waals surface area contributed by atoms with Crippen LogP contribution in [-0.4, -0.2) is 10.9 Å². The third-order valence-electron chi connectivity index (χ3n) is 3.14. The van der Waals surface area contributed by atoms with Crippen LogP contribution in [-0.2, 0) is 6.61 Å². The van der Waals surface area contributed by atoms with E-state index in [2.05, 4.69) is 4.98 Å². The zero-order chi connectivity index (χ0) is 15.5. The van der Waals surface area contributed by atoms with Gasteiger partial charge in [0.2, 0.25) is 0 Å². The number of aryl methyl sites for hydroxylation is 1. The number of nitrogens with zero attached hydrogens (tertiary/aromatic N) is 1. The molecule has 1 aromatic carbocycles. The second kappa shape index (κ2) is 5.77. The van der Waals surface area contributed by atoms with Gasteiger partial charge in [-0.25, -0.2) is 4.98 Å². The molecule has 3 aromatic rings. The lowest BCUT2D eigenvalue weighted by atomic mass is 10.2. The Morgan fingerprint density at radius 3 is 2.82 bits per heavy atom. The van der Waals surface area contributed by atoms with Crippen LogP contribution in [0.1, 0.15) is 21.8 Å². The smallest absolute Gasteiger partial charge is 0.263 e. The number of oxazole rings is 1. The number of carbonyl (C=O) groups is 1. The second-order valence-electron chi connectivity index (χ2n) is 4.65. The Balaban J connectivity index is 1.79. The van der Waals surface area contributed by atoms with Gasteiger partial charge in [0.05, 0.1) is 11.8 Å². The highest BCUT2D eigenvalue weighted by Crippen LogP contribution is 2.24. The number of aromatic nitrogens is 1. The molecule has 2 heterocycles. The summed E-state index contributed by atoms with van der Waals surface area (Å²) < 4.78 is 16.4. The molecule has 3 rings (SSSR count). The van der Waals surface area contributed by atoms with Gasteiger partial charge in [0.25, 0.3) is 11.8 Å². The van der Waals surface area contributed by atoms with Crippen molar-refractivity contribution in [3.05, 3.63) is 59.7 Å². The molecule has 0 spiro atoms. The van der Waals surface area contributed by atoms with Crippen molar-refractivity contribution in [1.82, 2.24) is 4.98 Å². The van der Waals surface area contributed by atoms with E-state index in [9.17, 15) is 4.79 Å². The number of ether oxygens (including phenoxy) is 1. The zero-order valence-electron chi connectivity index (χ0n) is 11.9. The largest absolute Gasteiger partial charge is 0.486 e. The summed E-state index contributed by atoms with van der Waals surface area (Å²) in [7, 11) is 0. The van der Waals surface area contributed by atoms with Gasteiger partial charge in [0, 0.05) is 0 Å². The fourth-order valence-electron chi connectivity index (χ4n) is 2.01. The molecule has 6 heteroatoms. The lowest BCUT2D eigenvalue weighted by molar-refractivity contribution is 0.0996. The Labute approximate surface area is 126 Å². The molecule has 0 aliphatic heterocycles. The number of para-hydroxylation sites is 1. The average Bonchev–Trinajstić information content (AvgIpc) is 3.15. The van der Waals surface area contributed by atoms with E-state index in [1.54, 1.807) is 49.6 Å². The number of furan rings is 1. The molecule has 6 nitrogen and oxygen atoms in total. The Hall–Kier alpha value is -3.02. The minimum Gasteiger partial charge on any atom is -0.486 e. The van der Waals surface area contributed by atoms with Gasteiger partial charge in [-0.1, -0.05) is 12.1 Å². The minimum atomic E-state index is -0.538. The molecule has 0 aliphatic carbocycles. The highest BCUT2D eigenvalue weighted by molar-refractivity contribution is 5.95. The van der Waals surface area contributed by atoms with Crippen molar-refractivity contribution < 1.29 is 18.4 Å². The topological polar surface area (TPSA) is 91.5 Å². The van der Waals surface area contributed by atoms with Gasteiger partial charge in [-0.3, -0.25) is 4.79 Å². The van der Waals surface area contributed by atoms with Gasteiger partial charge in [0.1, 0.15) is 23.8 Å². The summed E-state index contributed by atoms with van der Waals surface area (Å²) in [4.78, 5) is 15.7. The van der Waals surface area contributed by atoms with Gasteiger partial charge >= 0.3 is 0 Å². The summed E-state index contributed by atoms with van der Waals surface area (Å²) in [6, 6.07) is 10.3. The van der Waals surface area contributed by atoms with E-state index in [4.69, 9.17) is 19.3 Å². The fraction of sp³-hybridized carbons (Fsp3) is 0.125. The summed E-state index contributed by atoms with van der Waals surface area (Å²) >= 11 is 0. The van der Waals surface area contributed by atoms with E-state index in [0.29, 0.717) is 34.4 Å². The quantitative estimate of drug-likeness (QED) is 0.782. The summed E-state index contributed by atoms with van der Waals surface area (Å²) in [6.45, 7) is 1.96. The Morgan fingerprint density at radius 1 is 1.27 bits per heavy atom. The molecule has 0 bridgehead atoms. The lowest BCUT2D eigenvalue weighted by Gasteiger charge is -2.07. The maximum atomic E-state index is 11.4. The molecule has 0 atom stereocenters. The predicted molar refractivity (Wildman–Crippen MR) is 78.2 cm³/mol. The van der Waals surface area contributed by atoms with Crippen LogP contribution in [0.4, 0.5) is 0 Å². The molecule has 0 unspecified atom stereocenters. The first-order valence-electron chi connectivity index (χ1n) is 6.67. The number of hydrogen-bond donors (Lipinski definition) is 1. The van der Waals surface area contributed by atoms with Crippen molar-refractivity contribution >= 4 is 5.91 Å². The molecule has 0 saturated heterocycles. The Bertz CT molecular complexity index is 790. The van der Waals surface area contributed by atoms with E-state index in [1.165, 1.54) is 0 Å². The van der Waals surface area contributed by atoms with Crippen LogP contribution in [0, 0.1) is 6.92 Å². The normalized spacial score (nSPS) is 10.6. The van der Waals surface area contributed by atoms with E-state index >= 15 is 0 Å². The first kappa shape index (κ1) is 13.9. The van der Waals surface area contributed by atoms with E-state index in [-0.39, 0.29) is 6.61 Å². The van der Waals surface area contributed by atoms with E-state index < -0.39 is 5.91 Å². The van der Waals surface area contributed by atoms with Gasteiger partial charge < -0.3 is 19.3 Å². The second-order valence-corrected chi connectivity index (χ2v) is 4.65. The van der Waals surface area contributed by atoms with Crippen LogP contribution in [0.5, 0.6) is 5.75 Å². The molecule has 112 valence electrons. The molecule has 2 N–H and O–H groups in total. The predicted octanol–water partition coefficient (Wildman–Crippen LogP) is 2.92. The number of hydrogen-bond acceptors (Lipinski definition) is 5. The maximum absolute atomic E-state index is 11.4. The average molecular weight is 298 g/mol. The molecule has 1 amide bonds. The number of carbonyl (C=O) groups excluding carboxylic acids is 1. The van der Waals surface area contributed by atoms with Crippen molar-refractivity contribution in [2.45, 2.75) is 13.5 Å². The van der Waals surface area contributed by atoms with Gasteiger partial charge in [-0.05, 0) is 31.2 Å². The van der Waals surface area contributed by atoms with Crippen LogP contribution >= 0.6 is 0 Å². The summed E-state index contributed by atoms with van der Waals surface area (Å²) in [5.41, 5.74) is 6.28. The standard InChI is InChI=1S/C16H14N2O4/c1-10-12(18-16(22-10)14-7-4-8-20-14)9-21-13-6-3-2-5-11(13)15(17)19/h2-8H,9H2,1H3,(H2,17,19). The van der Waals surface area contributed by atoms with Crippen molar-refractivity contribution in [1.29, 1.82) is 0 Å².